The number of halogens is 1. The summed E-state index contributed by atoms with van der Waals surface area (Å²) in [5.74, 6) is 0.508. The van der Waals surface area contributed by atoms with Crippen LogP contribution < -0.4 is 10.1 Å². The lowest BCUT2D eigenvalue weighted by atomic mass is 10.3. The minimum absolute atomic E-state index is 0.0761. The van der Waals surface area contributed by atoms with Crippen LogP contribution in [0.1, 0.15) is 6.42 Å². The molecule has 0 aliphatic heterocycles. The number of carbonyl (C=O) groups is 1. The molecule has 0 saturated heterocycles. The molecular formula is C16H21ClN4O2. The molecule has 1 heterocycles. The van der Waals surface area contributed by atoms with E-state index in [1.54, 1.807) is 31.5 Å². The van der Waals surface area contributed by atoms with Gasteiger partial charge in [0, 0.05) is 31.2 Å². The summed E-state index contributed by atoms with van der Waals surface area (Å²) in [6, 6.07) is 7.07. The van der Waals surface area contributed by atoms with Gasteiger partial charge in [0.05, 0.1) is 18.7 Å². The van der Waals surface area contributed by atoms with Crippen molar-refractivity contribution in [3.63, 3.8) is 0 Å². The van der Waals surface area contributed by atoms with E-state index in [0.717, 1.165) is 19.5 Å². The first-order chi connectivity index (χ1) is 11.1. The number of carbonyl (C=O) groups excluding carboxylic acids is 1. The van der Waals surface area contributed by atoms with E-state index in [9.17, 15) is 4.79 Å². The molecule has 7 heteroatoms. The molecule has 2 rings (SSSR count). The molecule has 0 atom stereocenters. The van der Waals surface area contributed by atoms with Crippen LogP contribution in [0.25, 0.3) is 0 Å². The second kappa shape index (κ2) is 8.55. The van der Waals surface area contributed by atoms with Crippen molar-refractivity contribution in [1.82, 2.24) is 14.7 Å². The monoisotopic (exact) mass is 336 g/mol. The van der Waals surface area contributed by atoms with Crippen LogP contribution in [0.5, 0.6) is 5.75 Å². The molecule has 0 bridgehead atoms. The highest BCUT2D eigenvalue weighted by Crippen LogP contribution is 2.27. The molecule has 0 unspecified atom stereocenters. The number of hydrogen-bond acceptors (Lipinski definition) is 4. The van der Waals surface area contributed by atoms with Gasteiger partial charge in [0.15, 0.2) is 0 Å². The van der Waals surface area contributed by atoms with E-state index < -0.39 is 0 Å². The fraction of sp³-hybridized carbons (Fsp3) is 0.375. The maximum absolute atomic E-state index is 12.0. The lowest BCUT2D eigenvalue weighted by Gasteiger charge is -2.16. The zero-order chi connectivity index (χ0) is 16.7. The SMILES string of the molecule is COc1ccc(NC(=O)CN(C)CCCn2cccn2)cc1Cl. The van der Waals surface area contributed by atoms with E-state index in [-0.39, 0.29) is 5.91 Å². The van der Waals surface area contributed by atoms with Crippen molar-refractivity contribution in [3.05, 3.63) is 41.7 Å². The fourth-order valence-corrected chi connectivity index (χ4v) is 2.46. The van der Waals surface area contributed by atoms with Crippen LogP contribution in [0.2, 0.25) is 5.02 Å². The molecule has 124 valence electrons. The molecule has 0 spiro atoms. The molecule has 0 radical (unpaired) electrons. The predicted molar refractivity (Wildman–Crippen MR) is 91.0 cm³/mol. The zero-order valence-electron chi connectivity index (χ0n) is 13.3. The summed E-state index contributed by atoms with van der Waals surface area (Å²) in [5, 5.41) is 7.45. The Bertz CT molecular complexity index is 631. The van der Waals surface area contributed by atoms with Crippen LogP contribution in [-0.2, 0) is 11.3 Å². The molecule has 1 N–H and O–H groups in total. The highest BCUT2D eigenvalue weighted by molar-refractivity contribution is 6.32. The number of methoxy groups -OCH3 is 1. The molecule has 6 nitrogen and oxygen atoms in total. The van der Waals surface area contributed by atoms with Crippen molar-refractivity contribution in [2.45, 2.75) is 13.0 Å². The highest BCUT2D eigenvalue weighted by atomic mass is 35.5. The Balaban J connectivity index is 1.74. The average Bonchev–Trinajstić information content (AvgIpc) is 3.00. The van der Waals surface area contributed by atoms with Gasteiger partial charge in [0.1, 0.15) is 5.75 Å². The molecule has 1 aromatic heterocycles. The first kappa shape index (κ1) is 17.3. The van der Waals surface area contributed by atoms with Crippen LogP contribution in [0.4, 0.5) is 5.69 Å². The third-order valence-corrected chi connectivity index (χ3v) is 3.63. The zero-order valence-corrected chi connectivity index (χ0v) is 14.1. The van der Waals surface area contributed by atoms with Crippen molar-refractivity contribution >= 4 is 23.2 Å². The van der Waals surface area contributed by atoms with Crippen molar-refractivity contribution in [2.75, 3.05) is 32.6 Å². The molecule has 0 saturated carbocycles. The van der Waals surface area contributed by atoms with Crippen LogP contribution in [-0.4, -0.2) is 47.8 Å². The minimum Gasteiger partial charge on any atom is -0.495 e. The van der Waals surface area contributed by atoms with E-state index in [0.29, 0.717) is 23.0 Å². The number of aryl methyl sites for hydroxylation is 1. The van der Waals surface area contributed by atoms with E-state index in [4.69, 9.17) is 16.3 Å². The number of rotatable bonds is 8. The van der Waals surface area contributed by atoms with Crippen LogP contribution in [0, 0.1) is 0 Å². The second-order valence-electron chi connectivity index (χ2n) is 5.26. The largest absolute Gasteiger partial charge is 0.495 e. The molecule has 23 heavy (non-hydrogen) atoms. The Labute approximate surface area is 141 Å². The van der Waals surface area contributed by atoms with Crippen molar-refractivity contribution < 1.29 is 9.53 Å². The number of amides is 1. The summed E-state index contributed by atoms with van der Waals surface area (Å²) >= 11 is 6.04. The molecule has 0 aliphatic carbocycles. The van der Waals surface area contributed by atoms with Crippen molar-refractivity contribution in [2.24, 2.45) is 0 Å². The summed E-state index contributed by atoms with van der Waals surface area (Å²) in [6.45, 7) is 1.98. The molecule has 0 aliphatic rings. The van der Waals surface area contributed by atoms with E-state index >= 15 is 0 Å². The van der Waals surface area contributed by atoms with E-state index in [1.165, 1.54) is 0 Å². The summed E-state index contributed by atoms with van der Waals surface area (Å²) in [4.78, 5) is 14.0. The minimum atomic E-state index is -0.0761. The standard InChI is InChI=1S/C16H21ClN4O2/c1-20(8-4-10-21-9-3-7-18-21)12-16(22)19-13-5-6-15(23-2)14(17)11-13/h3,5-7,9,11H,4,8,10,12H2,1-2H3,(H,19,22). The normalized spacial score (nSPS) is 10.8. The Kier molecular flexibility index (Phi) is 6.43. The van der Waals surface area contributed by atoms with Gasteiger partial charge in [-0.15, -0.1) is 0 Å². The average molecular weight is 337 g/mol. The van der Waals surface area contributed by atoms with E-state index in [1.807, 2.05) is 28.9 Å². The number of likely N-dealkylation sites (N-methyl/N-ethyl adjacent to an activating group) is 1. The molecule has 0 fully saturated rings. The number of ether oxygens (including phenoxy) is 1. The number of aromatic nitrogens is 2. The Morgan fingerprint density at radius 1 is 1.48 bits per heavy atom. The van der Waals surface area contributed by atoms with Crippen LogP contribution in [0.3, 0.4) is 0 Å². The molecule has 2 aromatic rings. The number of benzene rings is 1. The van der Waals surface area contributed by atoms with Gasteiger partial charge in [-0.1, -0.05) is 11.6 Å². The Hall–Kier alpha value is -2.05. The Morgan fingerprint density at radius 2 is 2.30 bits per heavy atom. The fourth-order valence-electron chi connectivity index (χ4n) is 2.20. The van der Waals surface area contributed by atoms with Gasteiger partial charge in [0.2, 0.25) is 5.91 Å². The van der Waals surface area contributed by atoms with Gasteiger partial charge in [-0.2, -0.15) is 5.10 Å². The number of hydrogen-bond donors (Lipinski definition) is 1. The van der Waals surface area contributed by atoms with E-state index in [2.05, 4.69) is 10.4 Å². The smallest absolute Gasteiger partial charge is 0.238 e. The van der Waals surface area contributed by atoms with Crippen molar-refractivity contribution in [3.8, 4) is 5.75 Å². The van der Waals surface area contributed by atoms with Gasteiger partial charge >= 0.3 is 0 Å². The lowest BCUT2D eigenvalue weighted by Crippen LogP contribution is -2.31. The third-order valence-electron chi connectivity index (χ3n) is 3.34. The van der Waals surface area contributed by atoms with Gasteiger partial charge in [-0.3, -0.25) is 14.4 Å². The van der Waals surface area contributed by atoms with Crippen LogP contribution >= 0.6 is 11.6 Å². The molecular weight excluding hydrogens is 316 g/mol. The Morgan fingerprint density at radius 3 is 2.96 bits per heavy atom. The van der Waals surface area contributed by atoms with Gasteiger partial charge in [-0.05, 0) is 37.7 Å². The lowest BCUT2D eigenvalue weighted by molar-refractivity contribution is -0.117. The van der Waals surface area contributed by atoms with Gasteiger partial charge in [0.25, 0.3) is 0 Å². The summed E-state index contributed by atoms with van der Waals surface area (Å²) in [5.41, 5.74) is 0.658. The first-order valence-electron chi connectivity index (χ1n) is 7.38. The third kappa shape index (κ3) is 5.58. The summed E-state index contributed by atoms with van der Waals surface area (Å²) in [7, 11) is 3.47. The second-order valence-corrected chi connectivity index (χ2v) is 5.67. The first-order valence-corrected chi connectivity index (χ1v) is 7.75. The topological polar surface area (TPSA) is 59.4 Å². The summed E-state index contributed by atoms with van der Waals surface area (Å²) in [6.07, 6.45) is 4.62. The molecule has 1 amide bonds. The summed E-state index contributed by atoms with van der Waals surface area (Å²) < 4.78 is 6.97. The van der Waals surface area contributed by atoms with Gasteiger partial charge < -0.3 is 10.1 Å². The van der Waals surface area contributed by atoms with Crippen molar-refractivity contribution in [1.29, 1.82) is 0 Å². The predicted octanol–water partition coefficient (Wildman–Crippen LogP) is 2.51. The number of nitrogens with zero attached hydrogens (tertiary/aromatic N) is 3. The van der Waals surface area contributed by atoms with Gasteiger partial charge in [-0.25, -0.2) is 0 Å². The maximum atomic E-state index is 12.0. The highest BCUT2D eigenvalue weighted by Gasteiger charge is 2.08. The number of nitrogens with one attached hydrogen (secondary N) is 1. The molecule has 1 aromatic carbocycles. The number of anilines is 1. The maximum Gasteiger partial charge on any atom is 0.238 e. The van der Waals surface area contributed by atoms with Crippen LogP contribution in [0.15, 0.2) is 36.7 Å². The quantitative estimate of drug-likeness (QED) is 0.804.